The topological polar surface area (TPSA) is 123 Å². The number of ether oxygens (including phenoxy) is 3. The number of carbonyl (C=O) groups excluding carboxylic acids is 4. The minimum atomic E-state index is -1.06. The van der Waals surface area contributed by atoms with E-state index in [1.54, 1.807) is 51.0 Å². The van der Waals surface area contributed by atoms with Crippen molar-refractivity contribution in [2.24, 2.45) is 0 Å². The van der Waals surface area contributed by atoms with Crippen LogP contribution in [0, 0.1) is 0 Å². The molecule has 0 aliphatic rings. The van der Waals surface area contributed by atoms with Crippen LogP contribution in [0.25, 0.3) is 0 Å². The highest BCUT2D eigenvalue weighted by atomic mass is 16.6. The van der Waals surface area contributed by atoms with Crippen molar-refractivity contribution in [3.8, 4) is 5.75 Å². The molecular weight excluding hydrogens is 454 g/mol. The van der Waals surface area contributed by atoms with E-state index in [1.807, 2.05) is 12.1 Å². The summed E-state index contributed by atoms with van der Waals surface area (Å²) in [5.41, 5.74) is 0.180. The third-order valence-electron chi connectivity index (χ3n) is 4.81. The monoisotopic (exact) mass is 491 g/mol. The van der Waals surface area contributed by atoms with Gasteiger partial charge in [-0.2, -0.15) is 0 Å². The van der Waals surface area contributed by atoms with Gasteiger partial charge in [-0.05, 0) is 51.8 Å². The summed E-state index contributed by atoms with van der Waals surface area (Å²) in [7, 11) is 2.77. The van der Waals surface area contributed by atoms with Gasteiger partial charge in [-0.1, -0.05) is 18.2 Å². The molecule has 35 heavy (non-hydrogen) atoms. The van der Waals surface area contributed by atoms with Gasteiger partial charge in [0.1, 0.15) is 23.4 Å². The van der Waals surface area contributed by atoms with Crippen LogP contribution in [-0.4, -0.2) is 67.2 Å². The quantitative estimate of drug-likeness (QED) is 0.340. The number of hydrogen-bond acceptors (Lipinski definition) is 7. The molecule has 1 aromatic carbocycles. The van der Waals surface area contributed by atoms with E-state index in [9.17, 15) is 19.2 Å². The van der Waals surface area contributed by atoms with Crippen LogP contribution >= 0.6 is 0 Å². The number of carbonyl (C=O) groups is 4. The molecule has 0 radical (unpaired) electrons. The summed E-state index contributed by atoms with van der Waals surface area (Å²) in [5, 5.41) is 4.95. The summed E-state index contributed by atoms with van der Waals surface area (Å²) in [6.45, 7) is 10.9. The lowest BCUT2D eigenvalue weighted by atomic mass is 10.1. The van der Waals surface area contributed by atoms with Crippen LogP contribution in [0.3, 0.4) is 0 Å². The molecule has 1 rings (SSSR count). The van der Waals surface area contributed by atoms with E-state index >= 15 is 0 Å². The first-order valence-corrected chi connectivity index (χ1v) is 11.3. The Morgan fingerprint density at radius 2 is 1.71 bits per heavy atom. The van der Waals surface area contributed by atoms with Crippen molar-refractivity contribution in [1.82, 2.24) is 15.5 Å². The molecule has 0 fully saturated rings. The molecule has 0 bridgehead atoms. The van der Waals surface area contributed by atoms with Crippen LogP contribution in [0.2, 0.25) is 0 Å². The van der Waals surface area contributed by atoms with Gasteiger partial charge >= 0.3 is 12.1 Å². The number of nitrogens with one attached hydrogen (secondary N) is 2. The number of esters is 1. The SMILES string of the molecule is C=CCN(Cc1ccc(OC)cc1)C(=O)CCC(NC(=O)C(C)NC(=O)OC(C)(C)C)C(=O)OC. The van der Waals surface area contributed by atoms with Crippen molar-refractivity contribution >= 4 is 23.9 Å². The fourth-order valence-electron chi connectivity index (χ4n) is 3.03. The van der Waals surface area contributed by atoms with E-state index in [0.717, 1.165) is 5.56 Å². The predicted molar refractivity (Wildman–Crippen MR) is 131 cm³/mol. The highest BCUT2D eigenvalue weighted by molar-refractivity contribution is 5.89. The molecule has 1 aromatic rings. The number of benzene rings is 1. The fourth-order valence-corrected chi connectivity index (χ4v) is 3.03. The Balaban J connectivity index is 2.76. The Hall–Kier alpha value is -3.56. The first-order valence-electron chi connectivity index (χ1n) is 11.3. The normalized spacial score (nSPS) is 12.5. The van der Waals surface area contributed by atoms with Gasteiger partial charge in [-0.15, -0.1) is 6.58 Å². The molecular formula is C25H37N3O7. The van der Waals surface area contributed by atoms with E-state index in [0.29, 0.717) is 18.8 Å². The molecule has 3 amide bonds. The number of amides is 3. The Morgan fingerprint density at radius 3 is 2.23 bits per heavy atom. The van der Waals surface area contributed by atoms with Crippen molar-refractivity contribution in [1.29, 1.82) is 0 Å². The molecule has 0 saturated heterocycles. The number of rotatable bonds is 12. The number of hydrogen-bond donors (Lipinski definition) is 2. The Labute approximate surface area is 207 Å². The van der Waals surface area contributed by atoms with Gasteiger partial charge in [-0.3, -0.25) is 9.59 Å². The van der Waals surface area contributed by atoms with Crippen LogP contribution in [0.15, 0.2) is 36.9 Å². The Bertz CT molecular complexity index is 878. The second-order valence-electron chi connectivity index (χ2n) is 8.90. The maximum Gasteiger partial charge on any atom is 0.408 e. The Kier molecular flexibility index (Phi) is 11.8. The summed E-state index contributed by atoms with van der Waals surface area (Å²) >= 11 is 0. The summed E-state index contributed by atoms with van der Waals surface area (Å²) in [5.74, 6) is -0.813. The van der Waals surface area contributed by atoms with Crippen molar-refractivity contribution in [3.63, 3.8) is 0 Å². The molecule has 0 saturated carbocycles. The molecule has 10 nitrogen and oxygen atoms in total. The lowest BCUT2D eigenvalue weighted by molar-refractivity contribution is -0.145. The van der Waals surface area contributed by atoms with Crippen LogP contribution < -0.4 is 15.4 Å². The summed E-state index contributed by atoms with van der Waals surface area (Å²) in [6.07, 6.45) is 0.860. The highest BCUT2D eigenvalue weighted by Crippen LogP contribution is 2.14. The lowest BCUT2D eigenvalue weighted by Gasteiger charge is -2.24. The molecule has 194 valence electrons. The van der Waals surface area contributed by atoms with Crippen LogP contribution in [-0.2, 0) is 30.4 Å². The smallest absolute Gasteiger partial charge is 0.408 e. The third-order valence-corrected chi connectivity index (χ3v) is 4.81. The van der Waals surface area contributed by atoms with Crippen LogP contribution in [0.4, 0.5) is 4.79 Å². The molecule has 2 atom stereocenters. The van der Waals surface area contributed by atoms with E-state index in [-0.39, 0.29) is 18.7 Å². The molecule has 10 heteroatoms. The van der Waals surface area contributed by atoms with Gasteiger partial charge in [0.25, 0.3) is 0 Å². The molecule has 2 N–H and O–H groups in total. The maximum absolute atomic E-state index is 12.9. The molecule has 0 aliphatic carbocycles. The molecule has 0 heterocycles. The van der Waals surface area contributed by atoms with Crippen LogP contribution in [0.5, 0.6) is 5.75 Å². The average Bonchev–Trinajstić information content (AvgIpc) is 2.79. The first-order chi connectivity index (χ1) is 16.4. The second-order valence-corrected chi connectivity index (χ2v) is 8.90. The maximum atomic E-state index is 12.9. The molecule has 0 aliphatic heterocycles. The van der Waals surface area contributed by atoms with Crippen molar-refractivity contribution in [3.05, 3.63) is 42.5 Å². The fraction of sp³-hybridized carbons (Fsp3) is 0.520. The second kappa shape index (κ2) is 14.0. The lowest BCUT2D eigenvalue weighted by Crippen LogP contribution is -2.51. The van der Waals surface area contributed by atoms with Gasteiger partial charge in [0.05, 0.1) is 14.2 Å². The first kappa shape index (κ1) is 29.5. The zero-order valence-corrected chi connectivity index (χ0v) is 21.4. The van der Waals surface area contributed by atoms with Gasteiger partial charge in [0.2, 0.25) is 11.8 Å². The van der Waals surface area contributed by atoms with E-state index in [2.05, 4.69) is 17.2 Å². The minimum Gasteiger partial charge on any atom is -0.497 e. The van der Waals surface area contributed by atoms with E-state index in [1.165, 1.54) is 14.0 Å². The highest BCUT2D eigenvalue weighted by Gasteiger charge is 2.27. The summed E-state index contributed by atoms with van der Waals surface area (Å²) < 4.78 is 15.1. The van der Waals surface area contributed by atoms with Gasteiger partial charge in [-0.25, -0.2) is 9.59 Å². The zero-order valence-electron chi connectivity index (χ0n) is 21.4. The zero-order chi connectivity index (χ0) is 26.6. The van der Waals surface area contributed by atoms with Crippen molar-refractivity contribution in [2.75, 3.05) is 20.8 Å². The minimum absolute atomic E-state index is 0.0160. The third kappa shape index (κ3) is 10.9. The van der Waals surface area contributed by atoms with Crippen LogP contribution in [0.1, 0.15) is 46.1 Å². The largest absolute Gasteiger partial charge is 0.497 e. The van der Waals surface area contributed by atoms with Crippen molar-refractivity contribution < 1.29 is 33.4 Å². The average molecular weight is 492 g/mol. The Morgan fingerprint density at radius 1 is 1.09 bits per heavy atom. The number of methoxy groups -OCH3 is 2. The van der Waals surface area contributed by atoms with Crippen molar-refractivity contribution in [2.45, 2.75) is 64.8 Å². The van der Waals surface area contributed by atoms with E-state index in [4.69, 9.17) is 14.2 Å². The van der Waals surface area contributed by atoms with Gasteiger partial charge < -0.3 is 29.7 Å². The predicted octanol–water partition coefficient (Wildman–Crippen LogP) is 2.56. The number of nitrogens with zero attached hydrogens (tertiary/aromatic N) is 1. The van der Waals surface area contributed by atoms with E-state index < -0.39 is 35.7 Å². The summed E-state index contributed by atoms with van der Waals surface area (Å²) in [4.78, 5) is 51.2. The molecule has 0 aromatic heterocycles. The number of alkyl carbamates (subject to hydrolysis) is 1. The molecule has 0 spiro atoms. The molecule has 2 unspecified atom stereocenters. The standard InChI is InChI=1S/C25H37N3O7/c1-8-15-28(16-18-9-11-19(33-6)12-10-18)21(29)14-13-20(23(31)34-7)27-22(30)17(2)26-24(32)35-25(3,4)5/h8-12,17,20H,1,13-16H2,2-7H3,(H,26,32)(H,27,30). The summed E-state index contributed by atoms with van der Waals surface area (Å²) in [6, 6.07) is 5.30. The van der Waals surface area contributed by atoms with Gasteiger partial charge in [0.15, 0.2) is 0 Å². The van der Waals surface area contributed by atoms with Gasteiger partial charge in [0, 0.05) is 19.5 Å².